The van der Waals surface area contributed by atoms with Crippen LogP contribution >= 0.6 is 0 Å². The van der Waals surface area contributed by atoms with E-state index >= 15 is 0 Å². The molecule has 15 heavy (non-hydrogen) atoms. The van der Waals surface area contributed by atoms with Crippen molar-refractivity contribution in [2.75, 3.05) is 6.61 Å². The van der Waals surface area contributed by atoms with Gasteiger partial charge in [0.25, 0.3) is 6.47 Å². The number of hydrogen-bond acceptors (Lipinski definition) is 3. The van der Waals surface area contributed by atoms with Crippen molar-refractivity contribution in [2.45, 2.75) is 0 Å². The zero-order chi connectivity index (χ0) is 11.5. The highest BCUT2D eigenvalue weighted by molar-refractivity contribution is 5.89. The van der Waals surface area contributed by atoms with Crippen LogP contribution in [0.1, 0.15) is 10.4 Å². The lowest BCUT2D eigenvalue weighted by Gasteiger charge is -1.99. The van der Waals surface area contributed by atoms with Gasteiger partial charge in [-0.15, -0.1) is 0 Å². The molecule has 0 atom stereocenters. The Hall–Kier alpha value is -2.10. The summed E-state index contributed by atoms with van der Waals surface area (Å²) in [6.45, 7) is 3.46. The quantitative estimate of drug-likeness (QED) is 0.466. The average Bonchev–Trinajstić information content (AvgIpc) is 2.28. The molecule has 0 spiro atoms. The van der Waals surface area contributed by atoms with E-state index in [0.717, 1.165) is 0 Å². The second-order valence-corrected chi connectivity index (χ2v) is 2.36. The molecule has 0 aliphatic heterocycles. The first-order chi connectivity index (χ1) is 7.26. The molecule has 0 fully saturated rings. The maximum atomic E-state index is 11.1. The van der Waals surface area contributed by atoms with Crippen molar-refractivity contribution in [3.63, 3.8) is 0 Å². The SMILES string of the molecule is C=CCOC(=O)c1ccccc1.O=CO. The summed E-state index contributed by atoms with van der Waals surface area (Å²) in [6.07, 6.45) is 1.54. The predicted octanol–water partition coefficient (Wildman–Crippen LogP) is 1.73. The van der Waals surface area contributed by atoms with Crippen molar-refractivity contribution >= 4 is 12.4 Å². The summed E-state index contributed by atoms with van der Waals surface area (Å²) < 4.78 is 4.82. The van der Waals surface area contributed by atoms with Crippen LogP contribution in [0.4, 0.5) is 0 Å². The van der Waals surface area contributed by atoms with E-state index in [4.69, 9.17) is 14.6 Å². The largest absolute Gasteiger partial charge is 0.483 e. The van der Waals surface area contributed by atoms with Gasteiger partial charge < -0.3 is 9.84 Å². The van der Waals surface area contributed by atoms with Crippen LogP contribution < -0.4 is 0 Å². The van der Waals surface area contributed by atoms with Gasteiger partial charge >= 0.3 is 5.97 Å². The van der Waals surface area contributed by atoms with Gasteiger partial charge in [-0.2, -0.15) is 0 Å². The molecule has 0 amide bonds. The molecule has 0 unspecified atom stereocenters. The lowest BCUT2D eigenvalue weighted by molar-refractivity contribution is -0.122. The van der Waals surface area contributed by atoms with Crippen LogP contribution in [0.5, 0.6) is 0 Å². The van der Waals surface area contributed by atoms with E-state index in [0.29, 0.717) is 5.56 Å². The molecule has 0 bridgehead atoms. The molecule has 1 aromatic carbocycles. The number of carboxylic acid groups (broad SMARTS) is 1. The Balaban J connectivity index is 0.000000583. The number of rotatable bonds is 3. The molecule has 4 nitrogen and oxygen atoms in total. The van der Waals surface area contributed by atoms with E-state index in [-0.39, 0.29) is 19.0 Å². The monoisotopic (exact) mass is 208 g/mol. The first-order valence-electron chi connectivity index (χ1n) is 4.17. The van der Waals surface area contributed by atoms with Gasteiger partial charge in [-0.25, -0.2) is 4.79 Å². The number of hydrogen-bond donors (Lipinski definition) is 1. The fourth-order valence-electron chi connectivity index (χ4n) is 0.792. The van der Waals surface area contributed by atoms with E-state index < -0.39 is 0 Å². The molecular weight excluding hydrogens is 196 g/mol. The summed E-state index contributed by atoms with van der Waals surface area (Å²) in [5, 5.41) is 6.89. The van der Waals surface area contributed by atoms with E-state index in [9.17, 15) is 4.79 Å². The molecule has 1 N–H and O–H groups in total. The normalized spacial score (nSPS) is 8.00. The standard InChI is InChI=1S/C10H10O2.CH2O2/c1-2-8-12-10(11)9-6-4-3-5-7-9;2-1-3/h2-7H,1,8H2;1H,(H,2,3). The third kappa shape index (κ3) is 6.04. The van der Waals surface area contributed by atoms with E-state index in [2.05, 4.69) is 6.58 Å². The predicted molar refractivity (Wildman–Crippen MR) is 55.6 cm³/mol. The molecule has 0 radical (unpaired) electrons. The third-order valence-electron chi connectivity index (χ3n) is 1.34. The Labute approximate surface area is 87.8 Å². The van der Waals surface area contributed by atoms with E-state index in [1.807, 2.05) is 6.07 Å². The van der Waals surface area contributed by atoms with Crippen molar-refractivity contribution in [2.24, 2.45) is 0 Å². The number of esters is 1. The summed E-state index contributed by atoms with van der Waals surface area (Å²) in [5.41, 5.74) is 0.569. The molecule has 80 valence electrons. The van der Waals surface area contributed by atoms with Gasteiger partial charge in [0.2, 0.25) is 0 Å². The lowest BCUT2D eigenvalue weighted by Crippen LogP contribution is -2.04. The van der Waals surface area contributed by atoms with Gasteiger partial charge in [0.15, 0.2) is 0 Å². The number of carbonyl (C=O) groups excluding carboxylic acids is 1. The zero-order valence-electron chi connectivity index (χ0n) is 8.13. The molecule has 0 saturated carbocycles. The second kappa shape index (κ2) is 8.50. The van der Waals surface area contributed by atoms with Gasteiger partial charge in [0, 0.05) is 0 Å². The highest BCUT2D eigenvalue weighted by Gasteiger charge is 2.02. The molecule has 1 rings (SSSR count). The minimum absolute atomic E-state index is 0.250. The van der Waals surface area contributed by atoms with Gasteiger partial charge in [0.1, 0.15) is 6.61 Å². The molecule has 0 saturated heterocycles. The van der Waals surface area contributed by atoms with Crippen LogP contribution in [0.2, 0.25) is 0 Å². The van der Waals surface area contributed by atoms with Crippen LogP contribution in [0.3, 0.4) is 0 Å². The second-order valence-electron chi connectivity index (χ2n) is 2.36. The van der Waals surface area contributed by atoms with E-state index in [1.165, 1.54) is 0 Å². The first-order valence-corrected chi connectivity index (χ1v) is 4.17. The molecular formula is C11H12O4. The molecule has 0 heterocycles. The highest BCUT2D eigenvalue weighted by atomic mass is 16.5. The summed E-state index contributed by atoms with van der Waals surface area (Å²) in [7, 11) is 0. The summed E-state index contributed by atoms with van der Waals surface area (Å²) in [6, 6.07) is 8.87. The average molecular weight is 208 g/mol. The maximum absolute atomic E-state index is 11.1. The number of benzene rings is 1. The maximum Gasteiger partial charge on any atom is 0.338 e. The Morgan fingerprint density at radius 1 is 1.40 bits per heavy atom. The Morgan fingerprint density at radius 2 is 1.93 bits per heavy atom. The number of ether oxygens (including phenoxy) is 1. The smallest absolute Gasteiger partial charge is 0.338 e. The Morgan fingerprint density at radius 3 is 2.40 bits per heavy atom. The van der Waals surface area contributed by atoms with Crippen molar-refractivity contribution < 1.29 is 19.4 Å². The van der Waals surface area contributed by atoms with Crippen molar-refractivity contribution in [1.82, 2.24) is 0 Å². The zero-order valence-corrected chi connectivity index (χ0v) is 8.13. The van der Waals surface area contributed by atoms with Crippen LogP contribution in [0, 0.1) is 0 Å². The number of carbonyl (C=O) groups is 2. The first kappa shape index (κ1) is 12.9. The molecule has 1 aromatic rings. The van der Waals surface area contributed by atoms with Crippen molar-refractivity contribution in [3.8, 4) is 0 Å². The van der Waals surface area contributed by atoms with Crippen molar-refractivity contribution in [3.05, 3.63) is 48.6 Å². The van der Waals surface area contributed by atoms with E-state index in [1.54, 1.807) is 30.3 Å². The topological polar surface area (TPSA) is 63.6 Å². The molecule has 4 heteroatoms. The highest BCUT2D eigenvalue weighted by Crippen LogP contribution is 2.00. The fourth-order valence-corrected chi connectivity index (χ4v) is 0.792. The van der Waals surface area contributed by atoms with Gasteiger partial charge in [0.05, 0.1) is 5.56 Å². The summed E-state index contributed by atoms with van der Waals surface area (Å²) in [5.74, 6) is -0.310. The third-order valence-corrected chi connectivity index (χ3v) is 1.34. The summed E-state index contributed by atoms with van der Waals surface area (Å²) >= 11 is 0. The van der Waals surface area contributed by atoms with Crippen molar-refractivity contribution in [1.29, 1.82) is 0 Å². The van der Waals surface area contributed by atoms with Crippen LogP contribution in [0.15, 0.2) is 43.0 Å². The lowest BCUT2D eigenvalue weighted by atomic mass is 10.2. The van der Waals surface area contributed by atoms with Gasteiger partial charge in [-0.1, -0.05) is 30.9 Å². The Kier molecular flexibility index (Phi) is 7.31. The molecule has 0 aliphatic carbocycles. The van der Waals surface area contributed by atoms with Crippen LogP contribution in [-0.4, -0.2) is 24.2 Å². The van der Waals surface area contributed by atoms with Gasteiger partial charge in [-0.3, -0.25) is 4.79 Å². The molecule has 0 aromatic heterocycles. The minimum Gasteiger partial charge on any atom is -0.483 e. The molecule has 0 aliphatic rings. The minimum atomic E-state index is -0.310. The van der Waals surface area contributed by atoms with Crippen LogP contribution in [0.25, 0.3) is 0 Å². The van der Waals surface area contributed by atoms with Crippen LogP contribution in [-0.2, 0) is 9.53 Å². The fraction of sp³-hybridized carbons (Fsp3) is 0.0909. The summed E-state index contributed by atoms with van der Waals surface area (Å²) in [4.78, 5) is 19.5. The Bertz CT molecular complexity index is 306. The van der Waals surface area contributed by atoms with Gasteiger partial charge in [-0.05, 0) is 12.1 Å².